The molecule has 28 heavy (non-hydrogen) atoms. The van der Waals surface area contributed by atoms with Crippen LogP contribution in [0.2, 0.25) is 0 Å². The van der Waals surface area contributed by atoms with Crippen LogP contribution in [-0.4, -0.2) is 47.4 Å². The molecule has 7 heteroatoms. The molecule has 1 aliphatic rings. The maximum Gasteiger partial charge on any atom is 0.311 e. The number of hydrogen-bond acceptors (Lipinski definition) is 4. The van der Waals surface area contributed by atoms with Crippen molar-refractivity contribution in [2.45, 2.75) is 13.3 Å². The second kappa shape index (κ2) is 8.12. The summed E-state index contributed by atoms with van der Waals surface area (Å²) in [7, 11) is 0. The van der Waals surface area contributed by atoms with Gasteiger partial charge in [-0.15, -0.1) is 0 Å². The minimum atomic E-state index is -0.922. The Morgan fingerprint density at radius 1 is 1.07 bits per heavy atom. The van der Waals surface area contributed by atoms with Gasteiger partial charge in [0, 0.05) is 18.7 Å². The fourth-order valence-corrected chi connectivity index (χ4v) is 3.02. The number of carbonyl (C=O) groups excluding carboxylic acids is 2. The number of nitrogens with zero attached hydrogens (tertiary/aromatic N) is 1. The number of carboxylic acid groups (broad SMARTS) is 1. The molecule has 2 aromatic carbocycles. The smallest absolute Gasteiger partial charge is 0.311 e. The summed E-state index contributed by atoms with van der Waals surface area (Å²) in [5.41, 5.74) is -0.515. The average molecular weight is 382 g/mol. The first kappa shape index (κ1) is 19.4. The van der Waals surface area contributed by atoms with Crippen LogP contribution in [0.1, 0.15) is 23.7 Å². The SMILES string of the molecule is CC1(C(=O)O)CCN(C(=O)CNC(=O)c2ccc(Oc3ccccc3)cc2)C1. The van der Waals surface area contributed by atoms with Crippen LogP contribution in [0.4, 0.5) is 0 Å². The van der Waals surface area contributed by atoms with Gasteiger partial charge in [0.15, 0.2) is 0 Å². The molecule has 0 saturated carbocycles. The number of carbonyl (C=O) groups is 3. The van der Waals surface area contributed by atoms with Crippen LogP contribution >= 0.6 is 0 Å². The van der Waals surface area contributed by atoms with E-state index >= 15 is 0 Å². The Hall–Kier alpha value is -3.35. The fourth-order valence-electron chi connectivity index (χ4n) is 3.02. The molecule has 0 spiro atoms. The molecule has 1 atom stereocenters. The highest BCUT2D eigenvalue weighted by atomic mass is 16.5. The van der Waals surface area contributed by atoms with Gasteiger partial charge in [-0.1, -0.05) is 18.2 Å². The summed E-state index contributed by atoms with van der Waals surface area (Å²) in [6.07, 6.45) is 0.408. The zero-order valence-electron chi connectivity index (χ0n) is 15.6. The van der Waals surface area contributed by atoms with Crippen LogP contribution in [0, 0.1) is 5.41 Å². The van der Waals surface area contributed by atoms with Gasteiger partial charge >= 0.3 is 5.97 Å². The highest BCUT2D eigenvalue weighted by Crippen LogP contribution is 2.30. The molecule has 2 aromatic rings. The van der Waals surface area contributed by atoms with Gasteiger partial charge < -0.3 is 20.1 Å². The zero-order chi connectivity index (χ0) is 20.1. The van der Waals surface area contributed by atoms with Gasteiger partial charge in [0.05, 0.1) is 12.0 Å². The number of likely N-dealkylation sites (tertiary alicyclic amines) is 1. The van der Waals surface area contributed by atoms with Crippen molar-refractivity contribution in [1.82, 2.24) is 10.2 Å². The van der Waals surface area contributed by atoms with Crippen molar-refractivity contribution in [2.24, 2.45) is 5.41 Å². The predicted molar refractivity (Wildman–Crippen MR) is 102 cm³/mol. The molecule has 0 aliphatic carbocycles. The second-order valence-corrected chi connectivity index (χ2v) is 7.05. The normalized spacial score (nSPS) is 18.5. The van der Waals surface area contributed by atoms with E-state index in [2.05, 4.69) is 5.32 Å². The van der Waals surface area contributed by atoms with E-state index < -0.39 is 11.4 Å². The lowest BCUT2D eigenvalue weighted by atomic mass is 9.90. The summed E-state index contributed by atoms with van der Waals surface area (Å²) in [5, 5.41) is 11.8. The van der Waals surface area contributed by atoms with Crippen molar-refractivity contribution in [2.75, 3.05) is 19.6 Å². The highest BCUT2D eigenvalue weighted by Gasteiger charge is 2.41. The van der Waals surface area contributed by atoms with E-state index in [0.717, 1.165) is 0 Å². The molecular formula is C21H22N2O5. The number of benzene rings is 2. The van der Waals surface area contributed by atoms with Crippen molar-refractivity contribution >= 4 is 17.8 Å². The fraction of sp³-hybridized carbons (Fsp3) is 0.286. The standard InChI is InChI=1S/C21H22N2O5/c1-21(20(26)27)11-12-23(14-21)18(24)13-22-19(25)15-7-9-17(10-8-15)28-16-5-3-2-4-6-16/h2-10H,11-14H2,1H3,(H,22,25)(H,26,27). The first-order valence-corrected chi connectivity index (χ1v) is 9.00. The molecule has 7 nitrogen and oxygen atoms in total. The van der Waals surface area contributed by atoms with Crippen LogP contribution in [0.15, 0.2) is 54.6 Å². The molecule has 0 bridgehead atoms. The van der Waals surface area contributed by atoms with Crippen LogP contribution in [-0.2, 0) is 9.59 Å². The topological polar surface area (TPSA) is 95.9 Å². The Bertz CT molecular complexity index is 866. The van der Waals surface area contributed by atoms with Crippen molar-refractivity contribution in [3.8, 4) is 11.5 Å². The third-order valence-corrected chi connectivity index (χ3v) is 4.84. The van der Waals surface area contributed by atoms with E-state index in [1.807, 2.05) is 30.3 Å². The Balaban J connectivity index is 1.51. The molecule has 2 N–H and O–H groups in total. The molecule has 0 radical (unpaired) electrons. The predicted octanol–water partition coefficient (Wildman–Crippen LogP) is 2.53. The first-order chi connectivity index (χ1) is 13.4. The maximum atomic E-state index is 12.3. The molecule has 0 aromatic heterocycles. The first-order valence-electron chi connectivity index (χ1n) is 9.00. The molecular weight excluding hydrogens is 360 g/mol. The lowest BCUT2D eigenvalue weighted by Crippen LogP contribution is -2.41. The van der Waals surface area contributed by atoms with Gasteiger partial charge in [0.1, 0.15) is 11.5 Å². The van der Waals surface area contributed by atoms with E-state index in [4.69, 9.17) is 4.74 Å². The number of rotatable bonds is 6. The van der Waals surface area contributed by atoms with E-state index in [0.29, 0.717) is 30.0 Å². The number of ether oxygens (including phenoxy) is 1. The van der Waals surface area contributed by atoms with E-state index in [1.165, 1.54) is 4.90 Å². The van der Waals surface area contributed by atoms with Gasteiger partial charge in [-0.05, 0) is 49.7 Å². The number of amides is 2. The summed E-state index contributed by atoms with van der Waals surface area (Å²) >= 11 is 0. The van der Waals surface area contributed by atoms with Crippen LogP contribution in [0.25, 0.3) is 0 Å². The molecule has 1 heterocycles. The molecule has 1 aliphatic heterocycles. The third-order valence-electron chi connectivity index (χ3n) is 4.84. The number of carboxylic acids is 1. The van der Waals surface area contributed by atoms with Gasteiger partial charge in [0.25, 0.3) is 5.91 Å². The van der Waals surface area contributed by atoms with Crippen LogP contribution in [0.3, 0.4) is 0 Å². The molecule has 1 fully saturated rings. The van der Waals surface area contributed by atoms with Gasteiger partial charge in [-0.3, -0.25) is 14.4 Å². The van der Waals surface area contributed by atoms with Crippen molar-refractivity contribution in [3.05, 3.63) is 60.2 Å². The van der Waals surface area contributed by atoms with Gasteiger partial charge in [-0.2, -0.15) is 0 Å². The average Bonchev–Trinajstić information content (AvgIpc) is 3.11. The molecule has 3 rings (SSSR count). The molecule has 1 saturated heterocycles. The number of nitrogens with one attached hydrogen (secondary N) is 1. The lowest BCUT2D eigenvalue weighted by molar-refractivity contribution is -0.147. The highest BCUT2D eigenvalue weighted by molar-refractivity contribution is 5.96. The number of aliphatic carboxylic acids is 1. The van der Waals surface area contributed by atoms with Crippen molar-refractivity contribution in [3.63, 3.8) is 0 Å². The lowest BCUT2D eigenvalue weighted by Gasteiger charge is -2.20. The second-order valence-electron chi connectivity index (χ2n) is 7.05. The largest absolute Gasteiger partial charge is 0.481 e. The monoisotopic (exact) mass is 382 g/mol. The third kappa shape index (κ3) is 4.49. The summed E-state index contributed by atoms with van der Waals surface area (Å²) in [6, 6.07) is 15.9. The van der Waals surface area contributed by atoms with Gasteiger partial charge in [-0.25, -0.2) is 0 Å². The quantitative estimate of drug-likeness (QED) is 0.800. The van der Waals surface area contributed by atoms with E-state index in [9.17, 15) is 19.5 Å². The molecule has 1 unspecified atom stereocenters. The minimum Gasteiger partial charge on any atom is -0.481 e. The minimum absolute atomic E-state index is 0.155. The van der Waals surface area contributed by atoms with Crippen LogP contribution < -0.4 is 10.1 Å². The van der Waals surface area contributed by atoms with Crippen molar-refractivity contribution < 1.29 is 24.2 Å². The molecule has 146 valence electrons. The summed E-state index contributed by atoms with van der Waals surface area (Å²) in [4.78, 5) is 37.2. The number of hydrogen-bond donors (Lipinski definition) is 2. The summed E-state index contributed by atoms with van der Waals surface area (Å²) in [5.74, 6) is -0.278. The Labute approximate surface area is 162 Å². The van der Waals surface area contributed by atoms with Crippen LogP contribution in [0.5, 0.6) is 11.5 Å². The summed E-state index contributed by atoms with van der Waals surface area (Å²) in [6.45, 7) is 1.99. The van der Waals surface area contributed by atoms with E-state index in [1.54, 1.807) is 31.2 Å². The Morgan fingerprint density at radius 2 is 1.71 bits per heavy atom. The van der Waals surface area contributed by atoms with E-state index in [-0.39, 0.29) is 24.9 Å². The Morgan fingerprint density at radius 3 is 2.32 bits per heavy atom. The Kier molecular flexibility index (Phi) is 5.63. The summed E-state index contributed by atoms with van der Waals surface area (Å²) < 4.78 is 5.68. The zero-order valence-corrected chi connectivity index (χ0v) is 15.6. The maximum absolute atomic E-state index is 12.3. The molecule has 2 amide bonds. The van der Waals surface area contributed by atoms with Gasteiger partial charge in [0.2, 0.25) is 5.91 Å². The number of para-hydroxylation sites is 1. The van der Waals surface area contributed by atoms with Crippen molar-refractivity contribution in [1.29, 1.82) is 0 Å².